The fourth-order valence-corrected chi connectivity index (χ4v) is 4.38. The summed E-state index contributed by atoms with van der Waals surface area (Å²) in [6.45, 7) is 4.31. The number of carbonyl (C=O) groups is 2. The molecule has 1 amide bonds. The van der Waals surface area contributed by atoms with Crippen LogP contribution in [0.25, 0.3) is 0 Å². The van der Waals surface area contributed by atoms with E-state index < -0.39 is 11.9 Å². The number of benzene rings is 1. The summed E-state index contributed by atoms with van der Waals surface area (Å²) < 4.78 is 0. The van der Waals surface area contributed by atoms with Crippen molar-refractivity contribution in [3.8, 4) is 0 Å². The maximum absolute atomic E-state index is 12.9. The van der Waals surface area contributed by atoms with Gasteiger partial charge in [0, 0.05) is 30.1 Å². The summed E-state index contributed by atoms with van der Waals surface area (Å²) in [6, 6.07) is 8.66. The van der Waals surface area contributed by atoms with Crippen molar-refractivity contribution in [2.75, 3.05) is 11.9 Å². The molecule has 0 aromatic heterocycles. The van der Waals surface area contributed by atoms with Crippen molar-refractivity contribution in [2.24, 2.45) is 11.8 Å². The molecule has 1 aromatic rings. The molecule has 2 aliphatic rings. The number of carboxylic acids is 1. The Morgan fingerprint density at radius 2 is 2.08 bits per heavy atom. The molecule has 0 spiro atoms. The number of nitrogens with one attached hydrogen (secondary N) is 1. The molecule has 4 atom stereocenters. The van der Waals surface area contributed by atoms with E-state index in [1.807, 2.05) is 24.0 Å². The Bertz CT molecular complexity index is 631. The average Bonchev–Trinajstić information content (AvgIpc) is 3.01. The van der Waals surface area contributed by atoms with Gasteiger partial charge in [-0.2, -0.15) is 0 Å². The van der Waals surface area contributed by atoms with Crippen LogP contribution in [0.15, 0.2) is 24.3 Å². The Labute approximate surface area is 143 Å². The van der Waals surface area contributed by atoms with Crippen molar-refractivity contribution < 1.29 is 14.7 Å². The highest BCUT2D eigenvalue weighted by molar-refractivity contribution is 5.83. The summed E-state index contributed by atoms with van der Waals surface area (Å²) in [5.74, 6) is -1.06. The Balaban J connectivity index is 1.94. The van der Waals surface area contributed by atoms with Gasteiger partial charge in [0.2, 0.25) is 5.91 Å². The zero-order valence-corrected chi connectivity index (χ0v) is 14.4. The molecule has 5 nitrogen and oxygen atoms in total. The van der Waals surface area contributed by atoms with Gasteiger partial charge >= 0.3 is 5.97 Å². The van der Waals surface area contributed by atoms with Crippen LogP contribution < -0.4 is 5.32 Å². The van der Waals surface area contributed by atoms with E-state index in [4.69, 9.17) is 5.11 Å². The maximum Gasteiger partial charge on any atom is 0.304 e. The third-order valence-electron chi connectivity index (χ3n) is 5.46. The summed E-state index contributed by atoms with van der Waals surface area (Å²) >= 11 is 0. The molecule has 24 heavy (non-hydrogen) atoms. The van der Waals surface area contributed by atoms with Crippen LogP contribution in [-0.4, -0.2) is 34.5 Å². The number of hydrogen-bond acceptors (Lipinski definition) is 3. The van der Waals surface area contributed by atoms with Gasteiger partial charge in [-0.05, 0) is 31.4 Å². The quantitative estimate of drug-likeness (QED) is 0.869. The van der Waals surface area contributed by atoms with Crippen LogP contribution in [-0.2, 0) is 9.59 Å². The van der Waals surface area contributed by atoms with Gasteiger partial charge < -0.3 is 15.3 Å². The third kappa shape index (κ3) is 2.99. The fraction of sp³-hybridized carbons (Fsp3) is 0.579. The largest absolute Gasteiger partial charge is 0.481 e. The number of amides is 1. The van der Waals surface area contributed by atoms with E-state index >= 15 is 0 Å². The smallest absolute Gasteiger partial charge is 0.304 e. The molecule has 3 rings (SSSR count). The molecule has 1 aliphatic carbocycles. The molecule has 0 bridgehead atoms. The molecule has 0 radical (unpaired) electrons. The monoisotopic (exact) mass is 330 g/mol. The molecule has 0 unspecified atom stereocenters. The van der Waals surface area contributed by atoms with Crippen LogP contribution in [0.5, 0.6) is 0 Å². The van der Waals surface area contributed by atoms with E-state index in [0.717, 1.165) is 18.5 Å². The maximum atomic E-state index is 12.9. The van der Waals surface area contributed by atoms with Crippen molar-refractivity contribution in [3.05, 3.63) is 29.8 Å². The highest BCUT2D eigenvalue weighted by Gasteiger charge is 2.43. The number of aliphatic carboxylic acids is 1. The third-order valence-corrected chi connectivity index (χ3v) is 5.46. The highest BCUT2D eigenvalue weighted by atomic mass is 16.4. The molecule has 1 fully saturated rings. The van der Waals surface area contributed by atoms with Crippen molar-refractivity contribution in [3.63, 3.8) is 0 Å². The molecule has 1 heterocycles. The lowest BCUT2D eigenvalue weighted by Crippen LogP contribution is -2.47. The van der Waals surface area contributed by atoms with E-state index in [0.29, 0.717) is 18.5 Å². The first-order valence-corrected chi connectivity index (χ1v) is 8.90. The Kier molecular flexibility index (Phi) is 4.78. The predicted octanol–water partition coefficient (Wildman–Crippen LogP) is 3.28. The van der Waals surface area contributed by atoms with Crippen LogP contribution in [0.3, 0.4) is 0 Å². The van der Waals surface area contributed by atoms with Crippen molar-refractivity contribution in [2.45, 2.75) is 51.6 Å². The second-order valence-corrected chi connectivity index (χ2v) is 7.00. The van der Waals surface area contributed by atoms with E-state index in [-0.39, 0.29) is 18.4 Å². The summed E-state index contributed by atoms with van der Waals surface area (Å²) in [4.78, 5) is 25.9. The number of nitrogens with zero attached hydrogens (tertiary/aromatic N) is 1. The SMILES string of the molecule is CCN(C(=O)[C@H](C)CC(=O)O)[C@H]1c2ccccc2N[C@@H]2CCC[C@@H]21. The lowest BCUT2D eigenvalue weighted by molar-refractivity contribution is -0.146. The molecule has 0 saturated heterocycles. The van der Waals surface area contributed by atoms with Crippen LogP contribution >= 0.6 is 0 Å². The van der Waals surface area contributed by atoms with E-state index in [2.05, 4.69) is 17.4 Å². The predicted molar refractivity (Wildman–Crippen MR) is 92.7 cm³/mol. The van der Waals surface area contributed by atoms with E-state index in [1.54, 1.807) is 6.92 Å². The van der Waals surface area contributed by atoms with Crippen molar-refractivity contribution >= 4 is 17.6 Å². The van der Waals surface area contributed by atoms with Gasteiger partial charge in [0.15, 0.2) is 0 Å². The highest BCUT2D eigenvalue weighted by Crippen LogP contribution is 2.47. The van der Waals surface area contributed by atoms with Gasteiger partial charge in [0.1, 0.15) is 0 Å². The number of para-hydroxylation sites is 1. The molecule has 130 valence electrons. The average molecular weight is 330 g/mol. The summed E-state index contributed by atoms with van der Waals surface area (Å²) in [6.07, 6.45) is 3.29. The summed E-state index contributed by atoms with van der Waals surface area (Å²) in [5.41, 5.74) is 2.28. The normalized spacial score (nSPS) is 26.0. The van der Waals surface area contributed by atoms with Gasteiger partial charge in [-0.15, -0.1) is 0 Å². The molecule has 5 heteroatoms. The molecule has 1 aliphatic heterocycles. The standard InChI is InChI=1S/C19H26N2O3/c1-3-21(19(24)12(2)11-17(22)23)18-13-7-4-5-9-15(13)20-16-10-6-8-14(16)18/h4-5,7,9,12,14,16,18,20H,3,6,8,10-11H2,1-2H3,(H,22,23)/t12-,14+,16-,18+/m1/s1. The van der Waals surface area contributed by atoms with E-state index in [9.17, 15) is 9.59 Å². The van der Waals surface area contributed by atoms with Crippen molar-refractivity contribution in [1.29, 1.82) is 0 Å². The van der Waals surface area contributed by atoms with Gasteiger partial charge in [0.05, 0.1) is 12.5 Å². The first-order chi connectivity index (χ1) is 11.5. The lowest BCUT2D eigenvalue weighted by Gasteiger charge is -2.43. The number of fused-ring (bicyclic) bond motifs is 2. The zero-order chi connectivity index (χ0) is 17.3. The van der Waals surface area contributed by atoms with Gasteiger partial charge in [-0.3, -0.25) is 9.59 Å². The Morgan fingerprint density at radius 3 is 2.79 bits per heavy atom. The molecule has 1 aromatic carbocycles. The number of carboxylic acid groups (broad SMARTS) is 1. The number of hydrogen-bond donors (Lipinski definition) is 2. The first kappa shape index (κ1) is 16.8. The number of rotatable bonds is 5. The van der Waals surface area contributed by atoms with Crippen LogP contribution in [0.2, 0.25) is 0 Å². The topological polar surface area (TPSA) is 69.6 Å². The van der Waals surface area contributed by atoms with E-state index in [1.165, 1.54) is 12.0 Å². The Hall–Kier alpha value is -2.04. The van der Waals surface area contributed by atoms with Gasteiger partial charge in [-0.25, -0.2) is 0 Å². The minimum atomic E-state index is -0.920. The molecule has 2 N–H and O–H groups in total. The first-order valence-electron chi connectivity index (χ1n) is 8.90. The molecular formula is C19H26N2O3. The number of anilines is 1. The zero-order valence-electron chi connectivity index (χ0n) is 14.4. The summed E-state index contributed by atoms with van der Waals surface area (Å²) in [7, 11) is 0. The molecular weight excluding hydrogens is 304 g/mol. The second-order valence-electron chi connectivity index (χ2n) is 7.00. The van der Waals surface area contributed by atoms with Crippen LogP contribution in [0.1, 0.15) is 51.1 Å². The molecule has 1 saturated carbocycles. The van der Waals surface area contributed by atoms with Crippen molar-refractivity contribution in [1.82, 2.24) is 4.90 Å². The van der Waals surface area contributed by atoms with Crippen LogP contribution in [0.4, 0.5) is 5.69 Å². The van der Waals surface area contributed by atoms with Crippen LogP contribution in [0, 0.1) is 11.8 Å². The fourth-order valence-electron chi connectivity index (χ4n) is 4.38. The summed E-state index contributed by atoms with van der Waals surface area (Å²) in [5, 5.41) is 12.7. The van der Waals surface area contributed by atoms with Gasteiger partial charge in [0.25, 0.3) is 0 Å². The van der Waals surface area contributed by atoms with Gasteiger partial charge in [-0.1, -0.05) is 31.5 Å². The minimum Gasteiger partial charge on any atom is -0.481 e. The lowest BCUT2D eigenvalue weighted by atomic mass is 9.82. The second kappa shape index (κ2) is 6.83. The Morgan fingerprint density at radius 1 is 1.33 bits per heavy atom. The number of carbonyl (C=O) groups excluding carboxylic acids is 1. The minimum absolute atomic E-state index is 0.0451.